The number of allylic oxidation sites excluding steroid dienone is 5. The first-order valence-electron chi connectivity index (χ1n) is 5.66. The number of rotatable bonds is 1. The second-order valence-corrected chi connectivity index (χ2v) is 4.27. The minimum absolute atomic E-state index is 0.112. The van der Waals surface area contributed by atoms with E-state index >= 15 is 0 Å². The highest BCUT2D eigenvalue weighted by atomic mass is 16.4. The molecule has 0 bridgehead atoms. The fourth-order valence-electron chi connectivity index (χ4n) is 2.51. The van der Waals surface area contributed by atoms with Crippen molar-refractivity contribution in [2.75, 3.05) is 0 Å². The van der Waals surface area contributed by atoms with Crippen LogP contribution in [0.25, 0.3) is 0 Å². The van der Waals surface area contributed by atoms with Crippen molar-refractivity contribution in [2.45, 2.75) is 5.92 Å². The summed E-state index contributed by atoms with van der Waals surface area (Å²) in [6.07, 6.45) is 7.27. The molecular weight excluding hydrogens is 228 g/mol. The number of hydrogen-bond donors (Lipinski definition) is 1. The molecule has 0 saturated carbocycles. The van der Waals surface area contributed by atoms with Crippen LogP contribution in [0.3, 0.4) is 0 Å². The largest absolute Gasteiger partial charge is 0.478 e. The van der Waals surface area contributed by atoms with E-state index in [1.54, 1.807) is 24.3 Å². The van der Waals surface area contributed by atoms with Gasteiger partial charge >= 0.3 is 5.97 Å². The third-order valence-corrected chi connectivity index (χ3v) is 3.30. The quantitative estimate of drug-likeness (QED) is 0.765. The molecule has 1 aromatic carbocycles. The highest BCUT2D eigenvalue weighted by molar-refractivity contribution is 6.26. The molecule has 1 N–H and O–H groups in total. The standard InChI is InChI=1S/C15H10O3/c16-14-12-8-4-2-6-10(12)9-5-1-3-7-11(9)13(14)15(17)18/h1-9H,(H,17,18). The fourth-order valence-corrected chi connectivity index (χ4v) is 2.51. The van der Waals surface area contributed by atoms with Crippen LogP contribution in [0.1, 0.15) is 21.8 Å². The SMILES string of the molecule is O=C(O)C1=C2C=CC=CC2c2ccccc2C1=O. The van der Waals surface area contributed by atoms with Gasteiger partial charge in [0.2, 0.25) is 5.78 Å². The van der Waals surface area contributed by atoms with Gasteiger partial charge in [0, 0.05) is 11.5 Å². The van der Waals surface area contributed by atoms with Gasteiger partial charge in [-0.3, -0.25) is 4.79 Å². The molecule has 3 heteroatoms. The molecule has 1 atom stereocenters. The molecule has 2 aliphatic carbocycles. The van der Waals surface area contributed by atoms with Gasteiger partial charge < -0.3 is 5.11 Å². The average molecular weight is 238 g/mol. The Morgan fingerprint density at radius 2 is 1.94 bits per heavy atom. The highest BCUT2D eigenvalue weighted by Crippen LogP contribution is 2.39. The number of carboxylic acids is 1. The van der Waals surface area contributed by atoms with Crippen molar-refractivity contribution < 1.29 is 14.7 Å². The molecule has 3 rings (SSSR count). The maximum atomic E-state index is 12.2. The first kappa shape index (κ1) is 10.7. The van der Waals surface area contributed by atoms with Crippen LogP contribution in [0.2, 0.25) is 0 Å². The van der Waals surface area contributed by atoms with Crippen LogP contribution in [0.5, 0.6) is 0 Å². The van der Waals surface area contributed by atoms with Gasteiger partial charge in [-0.05, 0) is 11.1 Å². The molecule has 0 heterocycles. The predicted octanol–water partition coefficient (Wildman–Crippen LogP) is 2.47. The molecule has 0 amide bonds. The molecule has 18 heavy (non-hydrogen) atoms. The van der Waals surface area contributed by atoms with Crippen LogP contribution in [0.4, 0.5) is 0 Å². The summed E-state index contributed by atoms with van der Waals surface area (Å²) >= 11 is 0. The lowest BCUT2D eigenvalue weighted by Crippen LogP contribution is -2.24. The summed E-state index contributed by atoms with van der Waals surface area (Å²) in [6.45, 7) is 0. The smallest absolute Gasteiger partial charge is 0.340 e. The first-order chi connectivity index (χ1) is 8.70. The average Bonchev–Trinajstić information content (AvgIpc) is 2.39. The lowest BCUT2D eigenvalue weighted by molar-refractivity contribution is -0.132. The Kier molecular flexibility index (Phi) is 2.27. The summed E-state index contributed by atoms with van der Waals surface area (Å²) in [5, 5.41) is 9.24. The third kappa shape index (κ3) is 1.37. The molecule has 1 unspecified atom stereocenters. The second kappa shape index (κ2) is 3.81. The zero-order valence-electron chi connectivity index (χ0n) is 9.46. The van der Waals surface area contributed by atoms with E-state index < -0.39 is 11.8 Å². The number of carbonyl (C=O) groups excluding carboxylic acids is 1. The molecule has 0 fully saturated rings. The van der Waals surface area contributed by atoms with Crippen LogP contribution in [-0.2, 0) is 4.79 Å². The molecule has 0 radical (unpaired) electrons. The maximum absolute atomic E-state index is 12.2. The van der Waals surface area contributed by atoms with Crippen LogP contribution >= 0.6 is 0 Å². The number of benzene rings is 1. The molecular formula is C15H10O3. The minimum Gasteiger partial charge on any atom is -0.478 e. The van der Waals surface area contributed by atoms with E-state index in [0.717, 1.165) is 5.56 Å². The van der Waals surface area contributed by atoms with Gasteiger partial charge in [-0.2, -0.15) is 0 Å². The lowest BCUT2D eigenvalue weighted by atomic mass is 9.75. The van der Waals surface area contributed by atoms with E-state index in [-0.39, 0.29) is 11.5 Å². The van der Waals surface area contributed by atoms with Crippen LogP contribution in [0, 0.1) is 0 Å². The van der Waals surface area contributed by atoms with Crippen molar-refractivity contribution in [3.05, 3.63) is 70.8 Å². The van der Waals surface area contributed by atoms with Crippen molar-refractivity contribution in [2.24, 2.45) is 0 Å². The Balaban J connectivity index is 2.31. The maximum Gasteiger partial charge on any atom is 0.340 e. The molecule has 3 nitrogen and oxygen atoms in total. The van der Waals surface area contributed by atoms with Crippen molar-refractivity contribution in [3.8, 4) is 0 Å². The van der Waals surface area contributed by atoms with Gasteiger partial charge in [0.1, 0.15) is 5.57 Å². The number of carbonyl (C=O) groups is 2. The summed E-state index contributed by atoms with van der Waals surface area (Å²) in [4.78, 5) is 23.5. The number of hydrogen-bond acceptors (Lipinski definition) is 2. The van der Waals surface area contributed by atoms with Crippen molar-refractivity contribution >= 4 is 11.8 Å². The Hall–Kier alpha value is -2.42. The molecule has 0 saturated heterocycles. The van der Waals surface area contributed by atoms with Crippen LogP contribution in [-0.4, -0.2) is 16.9 Å². The number of ketones is 1. The second-order valence-electron chi connectivity index (χ2n) is 4.27. The van der Waals surface area contributed by atoms with Gasteiger partial charge in [-0.25, -0.2) is 4.79 Å². The summed E-state index contributed by atoms with van der Waals surface area (Å²) in [7, 11) is 0. The van der Waals surface area contributed by atoms with E-state index in [1.165, 1.54) is 0 Å². The van der Waals surface area contributed by atoms with Gasteiger partial charge in [0.05, 0.1) is 0 Å². The Labute approximate surface area is 104 Å². The van der Waals surface area contributed by atoms with E-state index in [4.69, 9.17) is 0 Å². The summed E-state index contributed by atoms with van der Waals surface area (Å²) in [5.74, 6) is -1.69. The molecule has 0 aromatic heterocycles. The first-order valence-corrected chi connectivity index (χ1v) is 5.66. The van der Waals surface area contributed by atoms with Gasteiger partial charge in [0.25, 0.3) is 0 Å². The van der Waals surface area contributed by atoms with E-state index in [1.807, 2.05) is 24.3 Å². The molecule has 1 aromatic rings. The number of carboxylic acid groups (broad SMARTS) is 1. The predicted molar refractivity (Wildman–Crippen MR) is 66.5 cm³/mol. The number of fused-ring (bicyclic) bond motifs is 3. The Bertz CT molecular complexity index is 647. The molecule has 2 aliphatic rings. The Morgan fingerprint density at radius 3 is 2.72 bits per heavy atom. The third-order valence-electron chi connectivity index (χ3n) is 3.30. The normalized spacial score (nSPS) is 20.7. The lowest BCUT2D eigenvalue weighted by Gasteiger charge is -2.26. The molecule has 88 valence electrons. The minimum atomic E-state index is -1.16. The molecule has 0 spiro atoms. The molecule has 0 aliphatic heterocycles. The van der Waals surface area contributed by atoms with Gasteiger partial charge in [-0.15, -0.1) is 0 Å². The summed E-state index contributed by atoms with van der Waals surface area (Å²) in [6, 6.07) is 7.18. The van der Waals surface area contributed by atoms with Crippen molar-refractivity contribution in [1.82, 2.24) is 0 Å². The number of aliphatic carboxylic acids is 1. The topological polar surface area (TPSA) is 54.4 Å². The van der Waals surface area contributed by atoms with E-state index in [2.05, 4.69) is 0 Å². The van der Waals surface area contributed by atoms with Gasteiger partial charge in [0.15, 0.2) is 0 Å². The zero-order chi connectivity index (χ0) is 12.7. The van der Waals surface area contributed by atoms with E-state index in [0.29, 0.717) is 11.1 Å². The zero-order valence-corrected chi connectivity index (χ0v) is 9.46. The highest BCUT2D eigenvalue weighted by Gasteiger charge is 2.34. The Morgan fingerprint density at radius 1 is 1.17 bits per heavy atom. The van der Waals surface area contributed by atoms with Crippen molar-refractivity contribution in [3.63, 3.8) is 0 Å². The monoisotopic (exact) mass is 238 g/mol. The van der Waals surface area contributed by atoms with Crippen LogP contribution in [0.15, 0.2) is 59.7 Å². The fraction of sp³-hybridized carbons (Fsp3) is 0.0667. The van der Waals surface area contributed by atoms with Crippen LogP contribution < -0.4 is 0 Å². The van der Waals surface area contributed by atoms with Gasteiger partial charge in [-0.1, -0.05) is 48.6 Å². The summed E-state index contributed by atoms with van der Waals surface area (Å²) < 4.78 is 0. The van der Waals surface area contributed by atoms with Crippen molar-refractivity contribution in [1.29, 1.82) is 0 Å². The summed E-state index contributed by atoms with van der Waals surface area (Å²) in [5.41, 5.74) is 1.83. The van der Waals surface area contributed by atoms with E-state index in [9.17, 15) is 14.7 Å². The number of Topliss-reactive ketones (excluding diaryl/α,β-unsaturated/α-hetero) is 1.